The minimum atomic E-state index is -2.68. The van der Waals surface area contributed by atoms with Crippen LogP contribution >= 0.6 is 16.9 Å². The second-order valence-electron chi connectivity index (χ2n) is 0.394. The summed E-state index contributed by atoms with van der Waals surface area (Å²) in [6, 6.07) is 0. The Hall–Kier alpha value is 0.120. The van der Waals surface area contributed by atoms with Gasteiger partial charge < -0.3 is 0 Å². The maximum absolute atomic E-state index is 9.32. The summed E-state index contributed by atoms with van der Waals surface area (Å²) in [6.45, 7) is 0. The van der Waals surface area contributed by atoms with E-state index in [9.17, 15) is 4.57 Å². The van der Waals surface area contributed by atoms with Gasteiger partial charge in [-0.05, 0) is 4.31 Å². The number of hydrogen-bond donors (Lipinski definition) is 1. The Morgan fingerprint density at radius 3 is 2.33 bits per heavy atom. The molecule has 0 aliphatic rings. The Bertz CT molecular complexity index is 65.9. The summed E-state index contributed by atoms with van der Waals surface area (Å²) in [6.07, 6.45) is 0. The molecule has 0 spiro atoms. The van der Waals surface area contributed by atoms with Crippen molar-refractivity contribution >= 4 is 16.9 Å². The predicted octanol–water partition coefficient (Wildman–Crippen LogP) is 0.859. The average molecular weight is 127 g/mol. The normalized spacial score (nSPS) is 11.8. The molecule has 0 aromatic heterocycles. The highest BCUT2D eigenvalue weighted by atomic mass is 31.2. The molecule has 0 amide bonds. The van der Waals surface area contributed by atoms with Gasteiger partial charge in [0.15, 0.2) is 0 Å². The van der Waals surface area contributed by atoms with Crippen LogP contribution in [0.3, 0.4) is 0 Å². The van der Waals surface area contributed by atoms with E-state index in [4.69, 9.17) is 9.46 Å². The van der Waals surface area contributed by atoms with Gasteiger partial charge in [-0.15, -0.1) is 4.89 Å². The van der Waals surface area contributed by atoms with Gasteiger partial charge in [-0.25, -0.2) is 4.57 Å². The number of rotatable bonds is 2. The van der Waals surface area contributed by atoms with E-state index in [1.165, 1.54) is 0 Å². The van der Waals surface area contributed by atoms with Crippen LogP contribution < -0.4 is 0 Å². The second-order valence-corrected chi connectivity index (χ2v) is 1.67. The fraction of sp³-hybridized carbons (Fsp3) is 0. The van der Waals surface area contributed by atoms with Crippen LogP contribution in [0.5, 0.6) is 0 Å². The zero-order valence-electron chi connectivity index (χ0n) is 2.57. The average Bonchev–Trinajstić information content (AvgIpc) is 1.35. The lowest BCUT2D eigenvalue weighted by atomic mass is 15.8. The summed E-state index contributed by atoms with van der Waals surface area (Å²) < 4.78 is 22.0. The van der Waals surface area contributed by atoms with Gasteiger partial charge in [-0.2, -0.15) is 0 Å². The maximum Gasteiger partial charge on any atom is 0.706 e. The zero-order valence-corrected chi connectivity index (χ0v) is 4.36. The van der Waals surface area contributed by atoms with Gasteiger partial charge in [0.25, 0.3) is 0 Å². The van der Waals surface area contributed by atoms with E-state index in [0.29, 0.717) is 0 Å². The first kappa shape index (κ1) is 6.12. The first-order valence-corrected chi connectivity index (χ1v) is 2.79. The molecule has 0 aromatic rings. The highest BCUT2D eigenvalue weighted by Gasteiger charge is 2.09. The van der Waals surface area contributed by atoms with Gasteiger partial charge in [0, 0.05) is 4.57 Å². The summed E-state index contributed by atoms with van der Waals surface area (Å²) in [5, 5.41) is 0. The molecule has 0 rings (SSSR count). The van der Waals surface area contributed by atoms with E-state index in [1.807, 2.05) is 0 Å². The minimum absolute atomic E-state index is 0.760. The van der Waals surface area contributed by atoms with Gasteiger partial charge >= 0.3 is 16.9 Å². The third-order valence-electron chi connectivity index (χ3n) is 0.103. The lowest BCUT2D eigenvalue weighted by molar-refractivity contribution is 0.418. The molecule has 0 aromatic carbocycles. The van der Waals surface area contributed by atoms with E-state index >= 15 is 0 Å². The van der Waals surface area contributed by atoms with Crippen molar-refractivity contribution in [2.75, 3.05) is 0 Å². The summed E-state index contributed by atoms with van der Waals surface area (Å²) >= 11 is 0. The molecule has 4 nitrogen and oxygen atoms in total. The molecule has 0 aliphatic heterocycles. The Kier molecular flexibility index (Phi) is 3.38. The third kappa shape index (κ3) is 4.12. The largest absolute Gasteiger partial charge is 0.706 e. The van der Waals surface area contributed by atoms with Crippen LogP contribution in [0.25, 0.3) is 0 Å². The van der Waals surface area contributed by atoms with Crippen molar-refractivity contribution in [2.45, 2.75) is 0 Å². The van der Waals surface area contributed by atoms with Crippen LogP contribution in [0.1, 0.15) is 0 Å². The zero-order chi connectivity index (χ0) is 4.99. The molecular weight excluding hydrogens is 126 g/mol. The first-order chi connectivity index (χ1) is 2.77. The van der Waals surface area contributed by atoms with Crippen LogP contribution in [0.2, 0.25) is 0 Å². The molecule has 1 atom stereocenters. The van der Waals surface area contributed by atoms with Crippen molar-refractivity contribution in [3.63, 3.8) is 0 Å². The lowest BCUT2D eigenvalue weighted by Gasteiger charge is -1.52. The van der Waals surface area contributed by atoms with E-state index in [2.05, 4.69) is 4.31 Å². The van der Waals surface area contributed by atoms with Gasteiger partial charge in [0.1, 0.15) is 0 Å². The van der Waals surface area contributed by atoms with E-state index < -0.39 is 16.9 Å². The Labute approximate surface area is 36.4 Å². The molecule has 0 saturated heterocycles. The second kappa shape index (κ2) is 3.32. The number of hydrogen-bond acceptors (Lipinski definition) is 3. The summed E-state index contributed by atoms with van der Waals surface area (Å²) in [7, 11) is -3.44. The van der Waals surface area contributed by atoms with Crippen LogP contribution in [-0.4, -0.2) is 4.89 Å². The Morgan fingerprint density at radius 1 is 1.83 bits per heavy atom. The van der Waals surface area contributed by atoms with Crippen LogP contribution in [0, 0.1) is 0 Å². The Morgan fingerprint density at radius 2 is 2.33 bits per heavy atom. The fourth-order valence-corrected chi connectivity index (χ4v) is 0.257. The van der Waals surface area contributed by atoms with Crippen molar-refractivity contribution in [1.29, 1.82) is 0 Å². The van der Waals surface area contributed by atoms with E-state index in [-0.39, 0.29) is 0 Å². The monoisotopic (exact) mass is 127 g/mol. The maximum atomic E-state index is 9.32. The van der Waals surface area contributed by atoms with Gasteiger partial charge in [-0.3, -0.25) is 0 Å². The van der Waals surface area contributed by atoms with Gasteiger partial charge in [0.2, 0.25) is 0 Å². The molecule has 34 valence electrons. The topological polar surface area (TPSA) is 63.6 Å². The first-order valence-electron chi connectivity index (χ1n) is 0.930. The molecule has 1 N–H and O–H groups in total. The van der Waals surface area contributed by atoms with Crippen molar-refractivity contribution in [2.24, 2.45) is 0 Å². The van der Waals surface area contributed by atoms with E-state index in [0.717, 1.165) is 0 Å². The van der Waals surface area contributed by atoms with Crippen LogP contribution in [0.15, 0.2) is 0 Å². The standard InChI is InChI=1S/O4P2/c1-5-4-6(2)3/p+1. The SMILES string of the molecule is O=PO[P+](=O)O. The summed E-state index contributed by atoms with van der Waals surface area (Å²) in [5.41, 5.74) is 0. The minimum Gasteiger partial charge on any atom is -0.236 e. The molecule has 0 bridgehead atoms. The highest BCUT2D eigenvalue weighted by molar-refractivity contribution is 7.41. The van der Waals surface area contributed by atoms with Gasteiger partial charge in [-0.1, -0.05) is 0 Å². The molecule has 6 heavy (non-hydrogen) atoms. The third-order valence-corrected chi connectivity index (χ3v) is 0.929. The summed E-state index contributed by atoms with van der Waals surface area (Å²) in [4.78, 5) is 7.63. The van der Waals surface area contributed by atoms with E-state index in [1.54, 1.807) is 0 Å². The lowest BCUT2D eigenvalue weighted by Crippen LogP contribution is -1.47. The molecule has 0 heterocycles. The molecule has 0 aliphatic carbocycles. The van der Waals surface area contributed by atoms with Crippen molar-refractivity contribution in [3.05, 3.63) is 0 Å². The smallest absolute Gasteiger partial charge is 0.236 e. The predicted molar refractivity (Wildman–Crippen MR) is 18.5 cm³/mol. The van der Waals surface area contributed by atoms with Crippen LogP contribution in [-0.2, 0) is 13.4 Å². The molecule has 1 unspecified atom stereocenters. The van der Waals surface area contributed by atoms with Crippen molar-refractivity contribution < 1.29 is 18.3 Å². The quantitative estimate of drug-likeness (QED) is 0.558. The summed E-state index contributed by atoms with van der Waals surface area (Å²) in [5.74, 6) is 0. The van der Waals surface area contributed by atoms with Crippen molar-refractivity contribution in [3.8, 4) is 0 Å². The molecular formula is HO4P2+. The molecule has 0 saturated carbocycles. The highest BCUT2D eigenvalue weighted by Crippen LogP contribution is 2.20. The van der Waals surface area contributed by atoms with Crippen molar-refractivity contribution in [1.82, 2.24) is 0 Å². The van der Waals surface area contributed by atoms with Crippen LogP contribution in [0.4, 0.5) is 0 Å². The molecule has 6 heteroatoms. The fourth-order valence-electron chi connectivity index (χ4n) is 0.0285. The van der Waals surface area contributed by atoms with Gasteiger partial charge in [0.05, 0.1) is 0 Å². The Balaban J connectivity index is 3.05. The molecule has 0 fully saturated rings. The molecule has 0 radical (unpaired) electrons.